The topological polar surface area (TPSA) is 59.9 Å². The summed E-state index contributed by atoms with van der Waals surface area (Å²) in [6.45, 7) is 4.39. The molecule has 0 radical (unpaired) electrons. The average molecular weight is 294 g/mol. The first-order chi connectivity index (χ1) is 9.65. The Morgan fingerprint density at radius 1 is 1.45 bits per heavy atom. The molecule has 0 saturated carbocycles. The van der Waals surface area contributed by atoms with Gasteiger partial charge in [-0.2, -0.15) is 5.10 Å². The molecule has 1 aliphatic rings. The number of rotatable bonds is 5. The molecule has 6 heteroatoms. The fourth-order valence-corrected chi connectivity index (χ4v) is 2.94. The molecule has 0 aromatic carbocycles. The van der Waals surface area contributed by atoms with Gasteiger partial charge in [-0.15, -0.1) is 11.3 Å². The number of carbonyl (C=O) groups excluding carboxylic acids is 1. The molecule has 0 aliphatic carbocycles. The lowest BCUT2D eigenvalue weighted by atomic mass is 9.91. The Labute approximate surface area is 122 Å². The fraction of sp³-hybridized carbons (Fsp3) is 0.429. The van der Waals surface area contributed by atoms with Gasteiger partial charge in [-0.05, 0) is 25.3 Å². The van der Waals surface area contributed by atoms with E-state index in [0.717, 1.165) is 16.1 Å². The van der Waals surface area contributed by atoms with Gasteiger partial charge in [0.1, 0.15) is 12.5 Å². The highest BCUT2D eigenvalue weighted by molar-refractivity contribution is 7.11. The summed E-state index contributed by atoms with van der Waals surface area (Å²) in [5.74, 6) is -0.737. The van der Waals surface area contributed by atoms with Gasteiger partial charge in [-0.25, -0.2) is 0 Å². The van der Waals surface area contributed by atoms with Gasteiger partial charge in [0.15, 0.2) is 0 Å². The Balaban J connectivity index is 2.24. The lowest BCUT2D eigenvalue weighted by Gasteiger charge is -2.24. The minimum absolute atomic E-state index is 0.253. The molecule has 2 rings (SSSR count). The zero-order chi connectivity index (χ0) is 14.5. The van der Waals surface area contributed by atoms with Crippen molar-refractivity contribution >= 4 is 28.6 Å². The first-order valence-electron chi connectivity index (χ1n) is 6.35. The van der Waals surface area contributed by atoms with E-state index in [1.165, 1.54) is 0 Å². The lowest BCUT2D eigenvalue weighted by molar-refractivity contribution is -0.145. The van der Waals surface area contributed by atoms with Gasteiger partial charge in [-0.3, -0.25) is 10.2 Å². The van der Waals surface area contributed by atoms with Crippen molar-refractivity contribution in [2.45, 2.75) is 13.8 Å². The van der Waals surface area contributed by atoms with Gasteiger partial charge in [0.2, 0.25) is 0 Å². The van der Waals surface area contributed by atoms with Crippen molar-refractivity contribution < 1.29 is 14.3 Å². The van der Waals surface area contributed by atoms with Crippen LogP contribution in [0.15, 0.2) is 28.3 Å². The molecule has 1 atom stereocenters. The highest BCUT2D eigenvalue weighted by atomic mass is 32.1. The summed E-state index contributed by atoms with van der Waals surface area (Å²) in [6.07, 6.45) is 0. The summed E-state index contributed by atoms with van der Waals surface area (Å²) in [4.78, 5) is 13.4. The molecule has 0 fully saturated rings. The van der Waals surface area contributed by atoms with Crippen molar-refractivity contribution in [2.75, 3.05) is 20.3 Å². The van der Waals surface area contributed by atoms with E-state index in [1.54, 1.807) is 18.4 Å². The molecule has 1 N–H and O–H groups in total. The van der Waals surface area contributed by atoms with Crippen LogP contribution in [-0.2, 0) is 14.3 Å². The van der Waals surface area contributed by atoms with Crippen LogP contribution in [-0.4, -0.2) is 32.0 Å². The Kier molecular flexibility index (Phi) is 4.92. The first kappa shape index (κ1) is 14.7. The van der Waals surface area contributed by atoms with Crippen LogP contribution >= 0.6 is 11.3 Å². The second-order valence-corrected chi connectivity index (χ2v) is 5.42. The minimum atomic E-state index is -0.452. The second kappa shape index (κ2) is 6.67. The first-order valence-corrected chi connectivity index (χ1v) is 7.23. The highest BCUT2D eigenvalue weighted by Gasteiger charge is 2.33. The lowest BCUT2D eigenvalue weighted by Crippen LogP contribution is -2.32. The van der Waals surface area contributed by atoms with Gasteiger partial charge >= 0.3 is 5.97 Å². The van der Waals surface area contributed by atoms with E-state index < -0.39 is 5.92 Å². The number of hydrogen-bond donors (Lipinski definition) is 1. The molecule has 0 amide bonds. The molecule has 20 heavy (non-hydrogen) atoms. The van der Waals surface area contributed by atoms with Crippen LogP contribution in [0, 0.1) is 5.92 Å². The van der Waals surface area contributed by atoms with Crippen molar-refractivity contribution in [1.29, 1.82) is 0 Å². The van der Waals surface area contributed by atoms with Crippen molar-refractivity contribution in [3.63, 3.8) is 0 Å². The fourth-order valence-electron chi connectivity index (χ4n) is 2.08. The van der Waals surface area contributed by atoms with Crippen LogP contribution in [0.4, 0.5) is 0 Å². The maximum Gasteiger partial charge on any atom is 0.319 e. The van der Waals surface area contributed by atoms with E-state index >= 15 is 0 Å². The maximum atomic E-state index is 12.3. The smallest absolute Gasteiger partial charge is 0.319 e. The van der Waals surface area contributed by atoms with E-state index in [9.17, 15) is 4.79 Å². The quantitative estimate of drug-likeness (QED) is 0.668. The van der Waals surface area contributed by atoms with Crippen molar-refractivity contribution in [2.24, 2.45) is 11.0 Å². The van der Waals surface area contributed by atoms with Crippen LogP contribution in [0.5, 0.6) is 0 Å². The van der Waals surface area contributed by atoms with E-state index in [4.69, 9.17) is 9.47 Å². The van der Waals surface area contributed by atoms with Crippen molar-refractivity contribution in [1.82, 2.24) is 5.43 Å². The number of methoxy groups -OCH3 is 1. The zero-order valence-electron chi connectivity index (χ0n) is 11.8. The predicted molar refractivity (Wildman–Crippen MR) is 79.5 cm³/mol. The minimum Gasteiger partial charge on any atom is -0.462 e. The number of hydrazone groups is 1. The molecule has 5 nitrogen and oxygen atoms in total. The third-order valence-corrected chi connectivity index (χ3v) is 3.97. The molecule has 1 aromatic rings. The number of esters is 1. The molecule has 2 heterocycles. The number of ether oxygens (including phenoxy) is 2. The Morgan fingerprint density at radius 3 is 2.90 bits per heavy atom. The second-order valence-electron chi connectivity index (χ2n) is 4.47. The summed E-state index contributed by atoms with van der Waals surface area (Å²) in [5.41, 5.74) is 5.49. The standard InChI is InChI=1S/C14H18N2O3S/c1-9-12(11-5-4-8-20-11)13(10(2)16-15-9)14(17)19-7-6-18-3/h4-5,8,13,15H,6-7H2,1-3H3. The van der Waals surface area contributed by atoms with Crippen molar-refractivity contribution in [3.05, 3.63) is 28.1 Å². The number of nitrogens with zero attached hydrogens (tertiary/aromatic N) is 1. The third kappa shape index (κ3) is 3.08. The zero-order valence-corrected chi connectivity index (χ0v) is 12.6. The molecule has 108 valence electrons. The number of allylic oxidation sites excluding steroid dienone is 1. The number of carbonyl (C=O) groups is 1. The Bertz CT molecular complexity index is 535. The third-order valence-electron chi connectivity index (χ3n) is 3.06. The molecule has 0 bridgehead atoms. The van der Waals surface area contributed by atoms with Gasteiger partial charge in [0.25, 0.3) is 0 Å². The Morgan fingerprint density at radius 2 is 2.25 bits per heavy atom. The SMILES string of the molecule is COCCOC(=O)C1C(C)=NNC(C)=C1c1cccs1. The number of thiophene rings is 1. The van der Waals surface area contributed by atoms with Gasteiger partial charge in [0, 0.05) is 23.3 Å². The molecule has 1 aliphatic heterocycles. The Hall–Kier alpha value is -1.66. The van der Waals surface area contributed by atoms with E-state index in [0.29, 0.717) is 12.3 Å². The molecule has 0 saturated heterocycles. The van der Waals surface area contributed by atoms with Crippen LogP contribution in [0.2, 0.25) is 0 Å². The van der Waals surface area contributed by atoms with Crippen LogP contribution in [0.25, 0.3) is 5.57 Å². The molecule has 0 spiro atoms. The van der Waals surface area contributed by atoms with Crippen LogP contribution in [0.3, 0.4) is 0 Å². The molecule has 1 aromatic heterocycles. The van der Waals surface area contributed by atoms with Crippen LogP contribution < -0.4 is 5.43 Å². The highest BCUT2D eigenvalue weighted by Crippen LogP contribution is 2.33. The van der Waals surface area contributed by atoms with E-state index in [-0.39, 0.29) is 12.6 Å². The summed E-state index contributed by atoms with van der Waals surface area (Å²) in [5, 5.41) is 6.17. The van der Waals surface area contributed by atoms with Gasteiger partial charge in [0.05, 0.1) is 12.3 Å². The molecule has 1 unspecified atom stereocenters. The van der Waals surface area contributed by atoms with Gasteiger partial charge < -0.3 is 9.47 Å². The maximum absolute atomic E-state index is 12.3. The van der Waals surface area contributed by atoms with Crippen LogP contribution in [0.1, 0.15) is 18.7 Å². The van der Waals surface area contributed by atoms with Gasteiger partial charge in [-0.1, -0.05) is 6.07 Å². The largest absolute Gasteiger partial charge is 0.462 e. The number of hydrogen-bond acceptors (Lipinski definition) is 6. The average Bonchev–Trinajstić information content (AvgIpc) is 2.94. The summed E-state index contributed by atoms with van der Waals surface area (Å²) in [7, 11) is 1.58. The summed E-state index contributed by atoms with van der Waals surface area (Å²) in [6, 6.07) is 3.97. The molecular weight excluding hydrogens is 276 g/mol. The number of nitrogens with one attached hydrogen (secondary N) is 1. The van der Waals surface area contributed by atoms with Crippen molar-refractivity contribution in [3.8, 4) is 0 Å². The summed E-state index contributed by atoms with van der Waals surface area (Å²) < 4.78 is 10.2. The molecular formula is C14H18N2O3S. The monoisotopic (exact) mass is 294 g/mol. The summed E-state index contributed by atoms with van der Waals surface area (Å²) >= 11 is 1.60. The van der Waals surface area contributed by atoms with E-state index in [1.807, 2.05) is 31.4 Å². The van der Waals surface area contributed by atoms with E-state index in [2.05, 4.69) is 10.5 Å². The normalized spacial score (nSPS) is 18.6. The predicted octanol–water partition coefficient (Wildman–Crippen LogP) is 2.26.